The fraction of sp³-hybridized carbons (Fsp3) is 0.238. The minimum atomic E-state index is -0.235. The first kappa shape index (κ1) is 19.7. The van der Waals surface area contributed by atoms with Gasteiger partial charge in [0, 0.05) is 23.2 Å². The van der Waals surface area contributed by atoms with E-state index in [9.17, 15) is 9.59 Å². The van der Waals surface area contributed by atoms with Crippen molar-refractivity contribution in [2.75, 3.05) is 18.0 Å². The number of thioether (sulfide) groups is 1. The standard InChI is InChI=1S/C21H21BrN2O2S/c1-3-23(4-2)18-11-7-15(8-12-18)13-19-20(25)24(21(26)27-19)14-16-5-9-17(22)10-6-16/h5-13H,3-4,14H2,1-2H3/b19-13-. The molecule has 0 bridgehead atoms. The Morgan fingerprint density at radius 1 is 1.00 bits per heavy atom. The van der Waals surface area contributed by atoms with Gasteiger partial charge in [-0.1, -0.05) is 40.2 Å². The van der Waals surface area contributed by atoms with E-state index in [1.165, 1.54) is 4.90 Å². The molecule has 1 aliphatic heterocycles. The SMILES string of the molecule is CCN(CC)c1ccc(/C=C2\SC(=O)N(Cc3ccc(Br)cc3)C2=O)cc1. The molecule has 2 aromatic rings. The van der Waals surface area contributed by atoms with Crippen LogP contribution in [0.15, 0.2) is 57.9 Å². The van der Waals surface area contributed by atoms with Gasteiger partial charge in [-0.05, 0) is 67.1 Å². The highest BCUT2D eigenvalue weighted by molar-refractivity contribution is 9.10. The van der Waals surface area contributed by atoms with E-state index in [0.29, 0.717) is 4.91 Å². The second kappa shape index (κ2) is 8.76. The summed E-state index contributed by atoms with van der Waals surface area (Å²) in [6.07, 6.45) is 1.79. The molecular weight excluding hydrogens is 424 g/mol. The number of halogens is 1. The van der Waals surface area contributed by atoms with Crippen molar-refractivity contribution in [3.8, 4) is 0 Å². The fourth-order valence-electron chi connectivity index (χ4n) is 2.93. The van der Waals surface area contributed by atoms with Crippen molar-refractivity contribution in [3.63, 3.8) is 0 Å². The Balaban J connectivity index is 1.74. The zero-order valence-corrected chi connectivity index (χ0v) is 17.7. The smallest absolute Gasteiger partial charge is 0.293 e. The Hall–Kier alpha value is -2.05. The van der Waals surface area contributed by atoms with E-state index in [1.54, 1.807) is 6.08 Å². The van der Waals surface area contributed by atoms with Crippen LogP contribution in [0.3, 0.4) is 0 Å². The summed E-state index contributed by atoms with van der Waals surface area (Å²) in [5.74, 6) is -0.235. The summed E-state index contributed by atoms with van der Waals surface area (Å²) in [5, 5.41) is -0.228. The lowest BCUT2D eigenvalue weighted by atomic mass is 10.1. The van der Waals surface area contributed by atoms with Gasteiger partial charge in [0.15, 0.2) is 0 Å². The third-order valence-electron chi connectivity index (χ3n) is 4.45. The van der Waals surface area contributed by atoms with Gasteiger partial charge in [-0.25, -0.2) is 0 Å². The number of amides is 2. The molecule has 0 aliphatic carbocycles. The Morgan fingerprint density at radius 2 is 1.63 bits per heavy atom. The van der Waals surface area contributed by atoms with E-state index < -0.39 is 0 Å². The first-order chi connectivity index (χ1) is 13.0. The Labute approximate surface area is 172 Å². The topological polar surface area (TPSA) is 40.6 Å². The Morgan fingerprint density at radius 3 is 2.22 bits per heavy atom. The fourth-order valence-corrected chi connectivity index (χ4v) is 4.03. The summed E-state index contributed by atoms with van der Waals surface area (Å²) in [4.78, 5) is 29.0. The van der Waals surface area contributed by atoms with Gasteiger partial charge in [-0.2, -0.15) is 0 Å². The van der Waals surface area contributed by atoms with E-state index in [4.69, 9.17) is 0 Å². The van der Waals surface area contributed by atoms with Gasteiger partial charge in [-0.15, -0.1) is 0 Å². The normalized spacial score (nSPS) is 15.7. The lowest BCUT2D eigenvalue weighted by Gasteiger charge is -2.20. The number of benzene rings is 2. The van der Waals surface area contributed by atoms with Crippen molar-refractivity contribution in [2.24, 2.45) is 0 Å². The van der Waals surface area contributed by atoms with Gasteiger partial charge in [-0.3, -0.25) is 14.5 Å². The summed E-state index contributed by atoms with van der Waals surface area (Å²) in [6.45, 7) is 6.43. The van der Waals surface area contributed by atoms with Crippen LogP contribution in [0, 0.1) is 0 Å². The molecule has 0 saturated carbocycles. The molecule has 2 aromatic carbocycles. The van der Waals surface area contributed by atoms with Crippen LogP contribution in [0.25, 0.3) is 6.08 Å². The van der Waals surface area contributed by atoms with Crippen molar-refractivity contribution in [3.05, 3.63) is 69.0 Å². The van der Waals surface area contributed by atoms with E-state index in [0.717, 1.165) is 46.1 Å². The molecule has 1 heterocycles. The third kappa shape index (κ3) is 4.62. The van der Waals surface area contributed by atoms with Crippen LogP contribution in [-0.4, -0.2) is 29.1 Å². The number of carbonyl (C=O) groups excluding carboxylic acids is 2. The maximum absolute atomic E-state index is 12.7. The van der Waals surface area contributed by atoms with Gasteiger partial charge in [0.1, 0.15) is 0 Å². The van der Waals surface area contributed by atoms with Crippen LogP contribution in [0.4, 0.5) is 10.5 Å². The van der Waals surface area contributed by atoms with Crippen molar-refractivity contribution in [2.45, 2.75) is 20.4 Å². The number of anilines is 1. The quantitative estimate of drug-likeness (QED) is 0.548. The van der Waals surface area contributed by atoms with E-state index in [2.05, 4.69) is 34.7 Å². The van der Waals surface area contributed by atoms with Crippen molar-refractivity contribution in [1.82, 2.24) is 4.90 Å². The second-order valence-corrected chi connectivity index (χ2v) is 8.07. The molecule has 2 amide bonds. The largest absolute Gasteiger partial charge is 0.372 e. The highest BCUT2D eigenvalue weighted by atomic mass is 79.9. The summed E-state index contributed by atoms with van der Waals surface area (Å²) in [5.41, 5.74) is 2.99. The molecule has 0 radical (unpaired) electrons. The molecule has 0 atom stereocenters. The molecule has 4 nitrogen and oxygen atoms in total. The van der Waals surface area contributed by atoms with Crippen molar-refractivity contribution >= 4 is 50.6 Å². The van der Waals surface area contributed by atoms with E-state index in [1.807, 2.05) is 48.5 Å². The van der Waals surface area contributed by atoms with Crippen LogP contribution in [0.1, 0.15) is 25.0 Å². The molecule has 27 heavy (non-hydrogen) atoms. The highest BCUT2D eigenvalue weighted by Crippen LogP contribution is 2.33. The molecule has 6 heteroatoms. The highest BCUT2D eigenvalue weighted by Gasteiger charge is 2.34. The lowest BCUT2D eigenvalue weighted by Crippen LogP contribution is -2.27. The van der Waals surface area contributed by atoms with Gasteiger partial charge in [0.25, 0.3) is 11.1 Å². The Kier molecular flexibility index (Phi) is 6.39. The summed E-state index contributed by atoms with van der Waals surface area (Å²) >= 11 is 4.39. The number of imide groups is 1. The molecule has 0 aromatic heterocycles. The number of nitrogens with zero attached hydrogens (tertiary/aromatic N) is 2. The lowest BCUT2D eigenvalue weighted by molar-refractivity contribution is -0.123. The average Bonchev–Trinajstić information content (AvgIpc) is 2.93. The summed E-state index contributed by atoms with van der Waals surface area (Å²) < 4.78 is 0.966. The van der Waals surface area contributed by atoms with Gasteiger partial charge < -0.3 is 4.90 Å². The van der Waals surface area contributed by atoms with Crippen LogP contribution in [0.5, 0.6) is 0 Å². The number of hydrogen-bond donors (Lipinski definition) is 0. The van der Waals surface area contributed by atoms with Crippen LogP contribution in [-0.2, 0) is 11.3 Å². The molecule has 0 spiro atoms. The van der Waals surface area contributed by atoms with Gasteiger partial charge in [0.2, 0.25) is 0 Å². The maximum Gasteiger partial charge on any atom is 0.293 e. The number of carbonyl (C=O) groups is 2. The minimum Gasteiger partial charge on any atom is -0.372 e. The van der Waals surface area contributed by atoms with Gasteiger partial charge in [0.05, 0.1) is 11.4 Å². The predicted molar refractivity (Wildman–Crippen MR) is 116 cm³/mol. The molecule has 140 valence electrons. The van der Waals surface area contributed by atoms with Crippen LogP contribution in [0.2, 0.25) is 0 Å². The van der Waals surface area contributed by atoms with Crippen molar-refractivity contribution in [1.29, 1.82) is 0 Å². The third-order valence-corrected chi connectivity index (χ3v) is 5.88. The first-order valence-corrected chi connectivity index (χ1v) is 10.5. The molecule has 3 rings (SSSR count). The average molecular weight is 445 g/mol. The Bertz CT molecular complexity index is 859. The molecule has 0 unspecified atom stereocenters. The monoisotopic (exact) mass is 444 g/mol. The molecule has 1 fully saturated rings. The number of rotatable bonds is 6. The summed E-state index contributed by atoms with van der Waals surface area (Å²) in [7, 11) is 0. The zero-order chi connectivity index (χ0) is 19.4. The molecule has 0 N–H and O–H groups in total. The maximum atomic E-state index is 12.7. The van der Waals surface area contributed by atoms with E-state index in [-0.39, 0.29) is 17.7 Å². The first-order valence-electron chi connectivity index (χ1n) is 8.86. The summed E-state index contributed by atoms with van der Waals surface area (Å²) in [6, 6.07) is 15.7. The molecule has 1 saturated heterocycles. The predicted octanol–water partition coefficient (Wildman–Crippen LogP) is 5.53. The van der Waals surface area contributed by atoms with Crippen LogP contribution < -0.4 is 4.90 Å². The zero-order valence-electron chi connectivity index (χ0n) is 15.3. The van der Waals surface area contributed by atoms with E-state index >= 15 is 0 Å². The number of hydrogen-bond acceptors (Lipinski definition) is 4. The molecule has 1 aliphatic rings. The second-order valence-electron chi connectivity index (χ2n) is 6.16. The van der Waals surface area contributed by atoms with Crippen LogP contribution >= 0.6 is 27.7 Å². The van der Waals surface area contributed by atoms with Crippen molar-refractivity contribution < 1.29 is 9.59 Å². The molecular formula is C21H21BrN2O2S. The minimum absolute atomic E-state index is 0.228. The van der Waals surface area contributed by atoms with Gasteiger partial charge >= 0.3 is 0 Å².